The first-order valence-electron chi connectivity index (χ1n) is 9.15. The maximum absolute atomic E-state index is 14.6. The Bertz CT molecular complexity index is 906. The molecule has 2 aromatic carbocycles. The number of nitrogens with one attached hydrogen (secondary N) is 1. The Balaban J connectivity index is 1.54. The molecule has 0 radical (unpaired) electrons. The van der Waals surface area contributed by atoms with Gasteiger partial charge in [-0.3, -0.25) is 4.79 Å². The number of alkyl halides is 3. The number of carbonyl (C=O) groups excluding carboxylic acids is 1. The maximum atomic E-state index is 14.6. The summed E-state index contributed by atoms with van der Waals surface area (Å²) in [6.45, 7) is -0.116. The second-order valence-corrected chi connectivity index (χ2v) is 7.64. The van der Waals surface area contributed by atoms with Crippen molar-refractivity contribution >= 4 is 5.91 Å². The van der Waals surface area contributed by atoms with E-state index in [1.807, 2.05) is 0 Å². The van der Waals surface area contributed by atoms with E-state index in [0.29, 0.717) is 18.4 Å². The first-order valence-corrected chi connectivity index (χ1v) is 9.15. The van der Waals surface area contributed by atoms with Crippen LogP contribution >= 0.6 is 0 Å². The van der Waals surface area contributed by atoms with E-state index in [1.165, 1.54) is 24.3 Å². The summed E-state index contributed by atoms with van der Waals surface area (Å²) in [5.41, 5.74) is -1.89. The summed E-state index contributed by atoms with van der Waals surface area (Å²) in [6, 6.07) is 7.15. The standard InChI is InChI=1S/C21H18F5NO/c22-16-9-13(12-5-6-12)10-17(23)18(16)20(7-8-20)11-27-19(28)14-3-1-2-4-15(14)21(24,25)26/h1-4,9-10,12H,5-8,11H2,(H,27,28). The SMILES string of the molecule is O=C(NCC1(c2c(F)cc(C3CC3)cc2F)CC1)c1ccccc1C(F)(F)F. The van der Waals surface area contributed by atoms with Crippen LogP contribution in [0.25, 0.3) is 0 Å². The lowest BCUT2D eigenvalue weighted by Crippen LogP contribution is -2.34. The van der Waals surface area contributed by atoms with Gasteiger partial charge in [0, 0.05) is 17.5 Å². The first kappa shape index (κ1) is 18.9. The van der Waals surface area contributed by atoms with Crippen molar-refractivity contribution in [2.75, 3.05) is 6.54 Å². The lowest BCUT2D eigenvalue weighted by atomic mass is 9.92. The second kappa shape index (κ2) is 6.57. The molecular weight excluding hydrogens is 377 g/mol. The summed E-state index contributed by atoms with van der Waals surface area (Å²) in [5, 5.41) is 2.44. The van der Waals surface area contributed by atoms with Crippen molar-refractivity contribution in [3.8, 4) is 0 Å². The molecule has 7 heteroatoms. The third-order valence-electron chi connectivity index (χ3n) is 5.56. The molecular formula is C21H18F5NO. The minimum Gasteiger partial charge on any atom is -0.351 e. The number of halogens is 5. The normalized spacial score (nSPS) is 18.0. The largest absolute Gasteiger partial charge is 0.417 e. The number of hydrogen-bond acceptors (Lipinski definition) is 1. The molecule has 4 rings (SSSR count). The molecule has 0 heterocycles. The quantitative estimate of drug-likeness (QED) is 0.682. The molecule has 2 nitrogen and oxygen atoms in total. The van der Waals surface area contributed by atoms with Crippen molar-refractivity contribution < 1.29 is 26.7 Å². The highest BCUT2D eigenvalue weighted by atomic mass is 19.4. The Morgan fingerprint density at radius 3 is 2.21 bits per heavy atom. The number of benzene rings is 2. The van der Waals surface area contributed by atoms with E-state index in [9.17, 15) is 26.7 Å². The average Bonchev–Trinajstić information content (AvgIpc) is 3.53. The summed E-state index contributed by atoms with van der Waals surface area (Å²) >= 11 is 0. The molecule has 2 aliphatic carbocycles. The molecule has 2 aliphatic rings. The molecule has 2 aromatic rings. The maximum Gasteiger partial charge on any atom is 0.417 e. The van der Waals surface area contributed by atoms with E-state index in [2.05, 4.69) is 5.32 Å². The molecule has 0 spiro atoms. The van der Waals surface area contributed by atoms with Gasteiger partial charge in [0.05, 0.1) is 11.1 Å². The lowest BCUT2D eigenvalue weighted by molar-refractivity contribution is -0.137. The number of amides is 1. The highest BCUT2D eigenvalue weighted by Crippen LogP contribution is 2.51. The molecule has 2 saturated carbocycles. The van der Waals surface area contributed by atoms with Crippen LogP contribution in [0.2, 0.25) is 0 Å². The van der Waals surface area contributed by atoms with E-state index in [4.69, 9.17) is 0 Å². The Labute approximate surface area is 158 Å². The van der Waals surface area contributed by atoms with Gasteiger partial charge in [0.15, 0.2) is 0 Å². The van der Waals surface area contributed by atoms with Crippen LogP contribution in [-0.4, -0.2) is 12.5 Å². The molecule has 0 atom stereocenters. The minimum absolute atomic E-state index is 0.0821. The molecule has 0 aromatic heterocycles. The topological polar surface area (TPSA) is 29.1 Å². The Kier molecular flexibility index (Phi) is 4.43. The third kappa shape index (κ3) is 3.50. The monoisotopic (exact) mass is 395 g/mol. The van der Waals surface area contributed by atoms with Crippen molar-refractivity contribution in [2.45, 2.75) is 43.2 Å². The van der Waals surface area contributed by atoms with Gasteiger partial charge in [-0.05, 0) is 61.4 Å². The zero-order valence-electron chi connectivity index (χ0n) is 14.9. The Hall–Kier alpha value is -2.44. The lowest BCUT2D eigenvalue weighted by Gasteiger charge is -2.20. The molecule has 0 aliphatic heterocycles. The zero-order chi connectivity index (χ0) is 20.1. The van der Waals surface area contributed by atoms with Crippen LogP contribution in [0.3, 0.4) is 0 Å². The fourth-order valence-electron chi connectivity index (χ4n) is 3.69. The van der Waals surface area contributed by atoms with Gasteiger partial charge in [-0.1, -0.05) is 12.1 Å². The summed E-state index contributed by atoms with van der Waals surface area (Å²) in [6.07, 6.45) is -1.91. The molecule has 28 heavy (non-hydrogen) atoms. The fourth-order valence-corrected chi connectivity index (χ4v) is 3.69. The van der Waals surface area contributed by atoms with Crippen LogP contribution in [0, 0.1) is 11.6 Å². The number of hydrogen-bond donors (Lipinski definition) is 1. The molecule has 0 saturated heterocycles. The predicted octanol–water partition coefficient (Wildman–Crippen LogP) is 5.32. The molecule has 1 amide bonds. The number of carbonyl (C=O) groups is 1. The van der Waals surface area contributed by atoms with Crippen molar-refractivity contribution in [1.82, 2.24) is 5.32 Å². The Morgan fingerprint density at radius 1 is 1.07 bits per heavy atom. The van der Waals surface area contributed by atoms with E-state index < -0.39 is 40.3 Å². The Morgan fingerprint density at radius 2 is 1.68 bits per heavy atom. The smallest absolute Gasteiger partial charge is 0.351 e. The van der Waals surface area contributed by atoms with Crippen LogP contribution in [0.5, 0.6) is 0 Å². The van der Waals surface area contributed by atoms with Gasteiger partial charge < -0.3 is 5.32 Å². The van der Waals surface area contributed by atoms with Gasteiger partial charge in [-0.15, -0.1) is 0 Å². The molecule has 0 unspecified atom stereocenters. The van der Waals surface area contributed by atoms with Gasteiger partial charge in [0.2, 0.25) is 0 Å². The highest BCUT2D eigenvalue weighted by molar-refractivity contribution is 5.96. The minimum atomic E-state index is -4.66. The second-order valence-electron chi connectivity index (χ2n) is 7.64. The van der Waals surface area contributed by atoms with Crippen LogP contribution in [-0.2, 0) is 11.6 Å². The molecule has 2 fully saturated rings. The van der Waals surface area contributed by atoms with E-state index >= 15 is 0 Å². The van der Waals surface area contributed by atoms with Crippen LogP contribution in [0.1, 0.15) is 58.6 Å². The van der Waals surface area contributed by atoms with Crippen molar-refractivity contribution in [1.29, 1.82) is 0 Å². The van der Waals surface area contributed by atoms with Gasteiger partial charge in [0.1, 0.15) is 11.6 Å². The van der Waals surface area contributed by atoms with E-state index in [1.54, 1.807) is 0 Å². The van der Waals surface area contributed by atoms with Crippen LogP contribution in [0.15, 0.2) is 36.4 Å². The third-order valence-corrected chi connectivity index (χ3v) is 5.56. The molecule has 148 valence electrons. The van der Waals surface area contributed by atoms with Gasteiger partial charge >= 0.3 is 6.18 Å². The summed E-state index contributed by atoms with van der Waals surface area (Å²) in [7, 11) is 0. The van der Waals surface area contributed by atoms with Crippen molar-refractivity contribution in [3.05, 3.63) is 70.3 Å². The fraction of sp³-hybridized carbons (Fsp3) is 0.381. The first-order chi connectivity index (χ1) is 13.2. The van der Waals surface area contributed by atoms with E-state index in [-0.39, 0.29) is 18.0 Å². The van der Waals surface area contributed by atoms with E-state index in [0.717, 1.165) is 25.0 Å². The van der Waals surface area contributed by atoms with Gasteiger partial charge in [-0.2, -0.15) is 13.2 Å². The highest BCUT2D eigenvalue weighted by Gasteiger charge is 2.48. The average molecular weight is 395 g/mol. The number of rotatable bonds is 5. The molecule has 1 N–H and O–H groups in total. The summed E-state index contributed by atoms with van der Waals surface area (Å²) in [4.78, 5) is 12.3. The summed E-state index contributed by atoms with van der Waals surface area (Å²) in [5.74, 6) is -2.00. The van der Waals surface area contributed by atoms with Crippen molar-refractivity contribution in [2.24, 2.45) is 0 Å². The van der Waals surface area contributed by atoms with Crippen molar-refractivity contribution in [3.63, 3.8) is 0 Å². The zero-order valence-corrected chi connectivity index (χ0v) is 14.9. The van der Waals surface area contributed by atoms with Crippen LogP contribution < -0.4 is 5.32 Å². The summed E-state index contributed by atoms with van der Waals surface area (Å²) < 4.78 is 68.5. The molecule has 0 bridgehead atoms. The van der Waals surface area contributed by atoms with Crippen LogP contribution in [0.4, 0.5) is 22.0 Å². The van der Waals surface area contributed by atoms with Gasteiger partial charge in [-0.25, -0.2) is 8.78 Å². The predicted molar refractivity (Wildman–Crippen MR) is 93.0 cm³/mol. The van der Waals surface area contributed by atoms with Gasteiger partial charge in [0.25, 0.3) is 5.91 Å².